The quantitative estimate of drug-likeness (QED) is 0.447. The van der Waals surface area contributed by atoms with Gasteiger partial charge >= 0.3 is 0 Å². The topological polar surface area (TPSA) is 61.6 Å². The average molecular weight is 308 g/mol. The van der Waals surface area contributed by atoms with Crippen LogP contribution < -0.4 is 9.47 Å². The maximum Gasteiger partial charge on any atom is 0.274 e. The van der Waals surface area contributed by atoms with Crippen molar-refractivity contribution in [2.24, 2.45) is 0 Å². The molecule has 0 saturated heterocycles. The minimum absolute atomic E-state index is 0.0181. The second-order valence-electron chi connectivity index (χ2n) is 4.16. The fraction of sp³-hybridized carbons (Fsp3) is 0.200. The van der Waals surface area contributed by atoms with Gasteiger partial charge in [-0.15, -0.1) is 11.6 Å². The van der Waals surface area contributed by atoms with Crippen LogP contribution in [-0.4, -0.2) is 11.5 Å². The Morgan fingerprint density at radius 2 is 1.90 bits per heavy atom. The zero-order valence-corrected chi connectivity index (χ0v) is 12.2. The minimum Gasteiger partial charge on any atom is -0.490 e. The van der Waals surface area contributed by atoms with Crippen molar-refractivity contribution in [2.45, 2.75) is 12.8 Å². The van der Waals surface area contributed by atoms with Crippen LogP contribution in [0.25, 0.3) is 0 Å². The van der Waals surface area contributed by atoms with Crippen molar-refractivity contribution in [3.8, 4) is 17.2 Å². The molecule has 0 heterocycles. The van der Waals surface area contributed by atoms with E-state index in [0.29, 0.717) is 29.4 Å². The Kier molecular flexibility index (Phi) is 5.00. The second-order valence-corrected chi connectivity index (χ2v) is 4.43. The first kappa shape index (κ1) is 15.1. The molecule has 0 aliphatic carbocycles. The monoisotopic (exact) mass is 307 g/mol. The molecule has 0 aromatic heterocycles. The third-order valence-corrected chi connectivity index (χ3v) is 3.06. The highest BCUT2D eigenvalue weighted by Gasteiger charge is 2.14. The standard InChI is InChI=1S/C15H14ClNO4/c1-2-20-14-5-3-4-6-15(14)21-12-7-8-13(17(18)19)11(9-12)10-16/h3-9H,2,10H2,1H3. The summed E-state index contributed by atoms with van der Waals surface area (Å²) in [5, 5.41) is 10.9. The van der Waals surface area contributed by atoms with E-state index in [4.69, 9.17) is 21.1 Å². The van der Waals surface area contributed by atoms with Gasteiger partial charge in [-0.3, -0.25) is 10.1 Å². The van der Waals surface area contributed by atoms with Gasteiger partial charge in [-0.05, 0) is 31.2 Å². The lowest BCUT2D eigenvalue weighted by atomic mass is 10.2. The summed E-state index contributed by atoms with van der Waals surface area (Å²) >= 11 is 5.75. The molecule has 21 heavy (non-hydrogen) atoms. The molecule has 0 radical (unpaired) electrons. The van der Waals surface area contributed by atoms with E-state index in [2.05, 4.69) is 0 Å². The summed E-state index contributed by atoms with van der Waals surface area (Å²) in [5.41, 5.74) is 0.392. The third-order valence-electron chi connectivity index (χ3n) is 2.77. The molecular formula is C15H14ClNO4. The van der Waals surface area contributed by atoms with Gasteiger partial charge in [0.2, 0.25) is 0 Å². The van der Waals surface area contributed by atoms with Crippen LogP contribution in [0, 0.1) is 10.1 Å². The molecule has 6 heteroatoms. The average Bonchev–Trinajstić information content (AvgIpc) is 2.49. The van der Waals surface area contributed by atoms with Gasteiger partial charge in [0.15, 0.2) is 11.5 Å². The highest BCUT2D eigenvalue weighted by atomic mass is 35.5. The fourth-order valence-corrected chi connectivity index (χ4v) is 2.06. The zero-order valence-electron chi connectivity index (χ0n) is 11.4. The van der Waals surface area contributed by atoms with Crippen LogP contribution >= 0.6 is 11.6 Å². The summed E-state index contributed by atoms with van der Waals surface area (Å²) in [6, 6.07) is 11.7. The normalized spacial score (nSPS) is 10.2. The summed E-state index contributed by atoms with van der Waals surface area (Å²) in [7, 11) is 0. The number of halogens is 1. The summed E-state index contributed by atoms with van der Waals surface area (Å²) in [6.45, 7) is 2.40. The number of benzene rings is 2. The Balaban J connectivity index is 2.30. The fourth-order valence-electron chi connectivity index (χ4n) is 1.85. The number of rotatable bonds is 6. The molecule has 0 fully saturated rings. The molecule has 0 spiro atoms. The van der Waals surface area contributed by atoms with E-state index in [1.54, 1.807) is 18.2 Å². The van der Waals surface area contributed by atoms with Gasteiger partial charge in [-0.2, -0.15) is 0 Å². The van der Waals surface area contributed by atoms with Gasteiger partial charge in [0.25, 0.3) is 5.69 Å². The maximum atomic E-state index is 10.9. The minimum atomic E-state index is -0.463. The smallest absolute Gasteiger partial charge is 0.274 e. The lowest BCUT2D eigenvalue weighted by Gasteiger charge is -2.11. The molecule has 0 amide bonds. The van der Waals surface area contributed by atoms with Crippen LogP contribution in [-0.2, 0) is 5.88 Å². The predicted octanol–water partition coefficient (Wildman–Crippen LogP) is 4.52. The van der Waals surface area contributed by atoms with Crippen molar-refractivity contribution < 1.29 is 14.4 Å². The SMILES string of the molecule is CCOc1ccccc1Oc1ccc([N+](=O)[O-])c(CCl)c1. The van der Waals surface area contributed by atoms with Crippen molar-refractivity contribution in [1.29, 1.82) is 0 Å². The van der Waals surface area contributed by atoms with Crippen LogP contribution in [0.3, 0.4) is 0 Å². The highest BCUT2D eigenvalue weighted by Crippen LogP contribution is 2.33. The molecule has 0 aliphatic heterocycles. The largest absolute Gasteiger partial charge is 0.490 e. The van der Waals surface area contributed by atoms with Gasteiger partial charge in [0, 0.05) is 11.6 Å². The third kappa shape index (κ3) is 3.64. The summed E-state index contributed by atoms with van der Waals surface area (Å²) in [6.07, 6.45) is 0. The zero-order chi connectivity index (χ0) is 15.2. The number of hydrogen-bond acceptors (Lipinski definition) is 4. The van der Waals surface area contributed by atoms with E-state index in [9.17, 15) is 10.1 Å². The van der Waals surface area contributed by atoms with Crippen LogP contribution in [0.4, 0.5) is 5.69 Å². The van der Waals surface area contributed by atoms with Crippen molar-refractivity contribution in [3.05, 3.63) is 58.1 Å². The van der Waals surface area contributed by atoms with E-state index >= 15 is 0 Å². The molecule has 0 bridgehead atoms. The number of nitro groups is 1. The molecule has 0 N–H and O–H groups in total. The Morgan fingerprint density at radius 3 is 2.52 bits per heavy atom. The van der Waals surface area contributed by atoms with E-state index in [1.165, 1.54) is 12.1 Å². The highest BCUT2D eigenvalue weighted by molar-refractivity contribution is 6.17. The van der Waals surface area contributed by atoms with E-state index in [1.807, 2.05) is 19.1 Å². The molecule has 2 rings (SSSR count). The molecular weight excluding hydrogens is 294 g/mol. The van der Waals surface area contributed by atoms with Gasteiger partial charge < -0.3 is 9.47 Å². The number of alkyl halides is 1. The Morgan fingerprint density at radius 1 is 1.19 bits per heavy atom. The van der Waals surface area contributed by atoms with Gasteiger partial charge in [0.05, 0.1) is 17.4 Å². The first-order valence-corrected chi connectivity index (χ1v) is 6.92. The summed E-state index contributed by atoms with van der Waals surface area (Å²) in [5.74, 6) is 1.68. The molecule has 0 aliphatic rings. The van der Waals surface area contributed by atoms with Crippen LogP contribution in [0.1, 0.15) is 12.5 Å². The van der Waals surface area contributed by atoms with Gasteiger partial charge in [-0.1, -0.05) is 12.1 Å². The van der Waals surface area contributed by atoms with E-state index < -0.39 is 4.92 Å². The molecule has 2 aromatic carbocycles. The molecule has 0 unspecified atom stereocenters. The van der Waals surface area contributed by atoms with Crippen molar-refractivity contribution in [2.75, 3.05) is 6.61 Å². The number of para-hydroxylation sites is 2. The van der Waals surface area contributed by atoms with E-state index in [-0.39, 0.29) is 11.6 Å². The van der Waals surface area contributed by atoms with Crippen LogP contribution in [0.2, 0.25) is 0 Å². The lowest BCUT2D eigenvalue weighted by Crippen LogP contribution is -1.96. The van der Waals surface area contributed by atoms with E-state index in [0.717, 1.165) is 0 Å². The first-order chi connectivity index (χ1) is 10.2. The maximum absolute atomic E-state index is 10.9. The Hall–Kier alpha value is -2.27. The first-order valence-electron chi connectivity index (χ1n) is 6.38. The lowest BCUT2D eigenvalue weighted by molar-refractivity contribution is -0.385. The van der Waals surface area contributed by atoms with Crippen molar-refractivity contribution in [1.82, 2.24) is 0 Å². The molecule has 5 nitrogen and oxygen atoms in total. The second kappa shape index (κ2) is 6.95. The van der Waals surface area contributed by atoms with Crippen molar-refractivity contribution >= 4 is 17.3 Å². The summed E-state index contributed by atoms with van der Waals surface area (Å²) in [4.78, 5) is 10.4. The number of ether oxygens (including phenoxy) is 2. The Labute approximate surface area is 127 Å². The van der Waals surface area contributed by atoms with Crippen LogP contribution in [0.15, 0.2) is 42.5 Å². The molecule has 110 valence electrons. The molecule has 2 aromatic rings. The van der Waals surface area contributed by atoms with Crippen molar-refractivity contribution in [3.63, 3.8) is 0 Å². The molecule has 0 atom stereocenters. The number of nitrogens with zero attached hydrogens (tertiary/aromatic N) is 1. The predicted molar refractivity (Wildman–Crippen MR) is 80.3 cm³/mol. The van der Waals surface area contributed by atoms with Gasteiger partial charge in [0.1, 0.15) is 5.75 Å². The van der Waals surface area contributed by atoms with Crippen LogP contribution in [0.5, 0.6) is 17.2 Å². The Bertz CT molecular complexity index is 645. The summed E-state index contributed by atoms with van der Waals surface area (Å²) < 4.78 is 11.2. The number of nitro benzene ring substituents is 1. The van der Waals surface area contributed by atoms with Gasteiger partial charge in [-0.25, -0.2) is 0 Å². The number of hydrogen-bond donors (Lipinski definition) is 0. The molecule has 0 saturated carbocycles.